The Morgan fingerprint density at radius 2 is 0.825 bits per heavy atom. The number of rotatable bonds is 6. The molecule has 1 atom stereocenters. The van der Waals surface area contributed by atoms with Gasteiger partial charge in [-0.3, -0.25) is 0 Å². The average Bonchev–Trinajstić information content (AvgIpc) is 4.00. The molecule has 1 heterocycles. The van der Waals surface area contributed by atoms with Crippen molar-refractivity contribution in [3.05, 3.63) is 259 Å². The highest BCUT2D eigenvalue weighted by atomic mass is 16.3. The average molecular weight is 802 g/mol. The van der Waals surface area contributed by atoms with Gasteiger partial charge in [-0.05, 0) is 109 Å². The van der Waals surface area contributed by atoms with Crippen LogP contribution in [-0.2, 0) is 5.41 Å². The molecule has 0 aliphatic heterocycles. The van der Waals surface area contributed by atoms with E-state index in [0.717, 1.165) is 44.6 Å². The van der Waals surface area contributed by atoms with Crippen LogP contribution in [0.4, 0.5) is 17.1 Å². The molecule has 13 rings (SSSR count). The summed E-state index contributed by atoms with van der Waals surface area (Å²) in [4.78, 5) is 2.45. The molecule has 294 valence electrons. The molecule has 0 amide bonds. The Hall–Kier alpha value is -8.20. The van der Waals surface area contributed by atoms with Gasteiger partial charge in [-0.2, -0.15) is 0 Å². The maximum Gasteiger partial charge on any atom is 0.143 e. The van der Waals surface area contributed by atoms with Crippen LogP contribution < -0.4 is 4.90 Å². The quantitative estimate of drug-likeness (QED) is 0.167. The Kier molecular flexibility index (Phi) is 7.85. The van der Waals surface area contributed by atoms with Gasteiger partial charge in [0, 0.05) is 33.3 Å². The Labute approximate surface area is 366 Å². The third kappa shape index (κ3) is 5.25. The van der Waals surface area contributed by atoms with Gasteiger partial charge < -0.3 is 9.32 Å². The summed E-state index contributed by atoms with van der Waals surface area (Å²) in [5.74, 6) is 0. The predicted molar refractivity (Wildman–Crippen MR) is 261 cm³/mol. The second-order valence-electron chi connectivity index (χ2n) is 16.7. The van der Waals surface area contributed by atoms with Crippen LogP contribution in [0.1, 0.15) is 22.3 Å². The Balaban J connectivity index is 1.12. The van der Waals surface area contributed by atoms with E-state index in [0.29, 0.717) is 0 Å². The molecule has 1 aromatic heterocycles. The zero-order valence-corrected chi connectivity index (χ0v) is 34.4. The molecule has 0 saturated heterocycles. The van der Waals surface area contributed by atoms with Crippen molar-refractivity contribution in [1.82, 2.24) is 0 Å². The van der Waals surface area contributed by atoms with Crippen molar-refractivity contribution in [2.45, 2.75) is 5.41 Å². The molecule has 1 unspecified atom stereocenters. The first-order valence-corrected chi connectivity index (χ1v) is 21.8. The number of hydrogen-bond acceptors (Lipinski definition) is 2. The van der Waals surface area contributed by atoms with Gasteiger partial charge in [-0.1, -0.05) is 194 Å². The molecule has 0 fully saturated rings. The Morgan fingerprint density at radius 1 is 0.317 bits per heavy atom. The summed E-state index contributed by atoms with van der Waals surface area (Å²) < 4.78 is 7.08. The zero-order chi connectivity index (χ0) is 41.5. The molecule has 2 heteroatoms. The van der Waals surface area contributed by atoms with Gasteiger partial charge in [0.25, 0.3) is 0 Å². The molecule has 2 aliphatic rings. The molecule has 2 nitrogen and oxygen atoms in total. The third-order valence-electron chi connectivity index (χ3n) is 13.5. The fraction of sp³-hybridized carbons (Fsp3) is 0.0164. The lowest BCUT2D eigenvalue weighted by atomic mass is 9.70. The zero-order valence-electron chi connectivity index (χ0n) is 34.4. The van der Waals surface area contributed by atoms with Gasteiger partial charge in [0.15, 0.2) is 0 Å². The lowest BCUT2D eigenvalue weighted by Gasteiger charge is -2.32. The summed E-state index contributed by atoms with van der Waals surface area (Å²) in [5.41, 5.74) is 21.6. The largest absolute Gasteiger partial charge is 0.455 e. The van der Waals surface area contributed by atoms with Crippen molar-refractivity contribution >= 4 is 39.0 Å². The smallest absolute Gasteiger partial charge is 0.143 e. The van der Waals surface area contributed by atoms with E-state index >= 15 is 0 Å². The lowest BCUT2D eigenvalue weighted by molar-refractivity contribution is 0.669. The van der Waals surface area contributed by atoms with E-state index in [1.54, 1.807) is 0 Å². The van der Waals surface area contributed by atoms with E-state index in [4.69, 9.17) is 4.42 Å². The third-order valence-corrected chi connectivity index (χ3v) is 13.5. The van der Waals surface area contributed by atoms with Gasteiger partial charge in [-0.25, -0.2) is 0 Å². The van der Waals surface area contributed by atoms with E-state index in [9.17, 15) is 0 Å². The van der Waals surface area contributed by atoms with Gasteiger partial charge in [0.2, 0.25) is 0 Å². The monoisotopic (exact) mass is 801 g/mol. The van der Waals surface area contributed by atoms with Gasteiger partial charge in [-0.15, -0.1) is 0 Å². The lowest BCUT2D eigenvalue weighted by Crippen LogP contribution is -2.26. The maximum atomic E-state index is 7.08. The predicted octanol–water partition coefficient (Wildman–Crippen LogP) is 16.4. The van der Waals surface area contributed by atoms with Crippen molar-refractivity contribution < 1.29 is 4.42 Å². The second-order valence-corrected chi connectivity index (χ2v) is 16.7. The van der Waals surface area contributed by atoms with Crippen LogP contribution in [-0.4, -0.2) is 0 Å². The summed E-state index contributed by atoms with van der Waals surface area (Å²) in [7, 11) is 0. The molecule has 2 aliphatic carbocycles. The summed E-state index contributed by atoms with van der Waals surface area (Å²) in [6.45, 7) is 0. The van der Waals surface area contributed by atoms with Crippen LogP contribution in [0.5, 0.6) is 0 Å². The van der Waals surface area contributed by atoms with Crippen molar-refractivity contribution in [1.29, 1.82) is 0 Å². The minimum absolute atomic E-state index is 0.607. The molecule has 63 heavy (non-hydrogen) atoms. The minimum Gasteiger partial charge on any atom is -0.455 e. The summed E-state index contributed by atoms with van der Waals surface area (Å²) in [6.07, 6.45) is 0. The summed E-state index contributed by atoms with van der Waals surface area (Å²) in [6, 6.07) is 86.4. The summed E-state index contributed by atoms with van der Waals surface area (Å²) >= 11 is 0. The van der Waals surface area contributed by atoms with Crippen LogP contribution in [0.15, 0.2) is 241 Å². The number of benzene rings is 10. The van der Waals surface area contributed by atoms with E-state index in [2.05, 4.69) is 241 Å². The molecule has 0 bridgehead atoms. The van der Waals surface area contributed by atoms with E-state index < -0.39 is 5.41 Å². The van der Waals surface area contributed by atoms with E-state index in [1.807, 2.05) is 0 Å². The van der Waals surface area contributed by atoms with Crippen molar-refractivity contribution in [3.63, 3.8) is 0 Å². The Bertz CT molecular complexity index is 3450. The molecule has 1 spiro atoms. The Morgan fingerprint density at radius 3 is 1.49 bits per heavy atom. The molecule has 0 saturated carbocycles. The van der Waals surface area contributed by atoms with Gasteiger partial charge >= 0.3 is 0 Å². The molecule has 0 N–H and O–H groups in total. The summed E-state index contributed by atoms with van der Waals surface area (Å²) in [5, 5.41) is 2.25. The molecular weight excluding hydrogens is 763 g/mol. The maximum absolute atomic E-state index is 7.08. The fourth-order valence-electron chi connectivity index (χ4n) is 10.8. The molecular formula is C61H39NO. The fourth-order valence-corrected chi connectivity index (χ4v) is 10.8. The number of anilines is 3. The number of hydrogen-bond donors (Lipinski definition) is 0. The normalized spacial score (nSPS) is 14.4. The highest BCUT2D eigenvalue weighted by Gasteiger charge is 2.53. The number of furan rings is 1. The first kappa shape index (κ1) is 35.5. The second kappa shape index (κ2) is 13.9. The number of para-hydroxylation sites is 1. The molecule has 10 aromatic carbocycles. The van der Waals surface area contributed by atoms with Crippen molar-refractivity contribution in [2.24, 2.45) is 0 Å². The standard InChI is InChI=1S/C61H39NO/c1-4-15-40(16-5-1)43-27-32-46(33-28-43)62(47-34-29-44(30-35-47)41-17-6-2-7-18-41)56-25-14-24-53-58(56)59-54(38-37-51-50-22-11-13-26-57(50)63-60(51)59)61(53)52-23-12-10-21-48(52)49-36-31-45(39-55(49)61)42-19-8-3-9-20-42/h1-39H. The van der Waals surface area contributed by atoms with Crippen LogP contribution in [0.25, 0.3) is 77.6 Å². The first-order chi connectivity index (χ1) is 31.3. The van der Waals surface area contributed by atoms with Gasteiger partial charge in [0.1, 0.15) is 11.2 Å². The van der Waals surface area contributed by atoms with Crippen LogP contribution in [0.2, 0.25) is 0 Å². The SMILES string of the molecule is c1ccc(-c2ccc(N(c3ccc(-c4ccccc4)cc3)c3cccc4c3-c3c(ccc5c3oc3ccccc35)C43c4ccccc4-c4ccc(-c5ccccc5)cc43)cc2)cc1. The van der Waals surface area contributed by atoms with Crippen LogP contribution in [0, 0.1) is 0 Å². The van der Waals surface area contributed by atoms with Crippen LogP contribution in [0.3, 0.4) is 0 Å². The van der Waals surface area contributed by atoms with Gasteiger partial charge in [0.05, 0.1) is 11.1 Å². The highest BCUT2D eigenvalue weighted by Crippen LogP contribution is 2.66. The molecule has 11 aromatic rings. The molecule has 0 radical (unpaired) electrons. The highest BCUT2D eigenvalue weighted by molar-refractivity contribution is 6.15. The topological polar surface area (TPSA) is 16.4 Å². The van der Waals surface area contributed by atoms with E-state index in [-0.39, 0.29) is 0 Å². The van der Waals surface area contributed by atoms with Crippen LogP contribution >= 0.6 is 0 Å². The minimum atomic E-state index is -0.607. The number of fused-ring (bicyclic) bond motifs is 14. The van der Waals surface area contributed by atoms with Crippen molar-refractivity contribution in [3.8, 4) is 55.6 Å². The van der Waals surface area contributed by atoms with Crippen molar-refractivity contribution in [2.75, 3.05) is 4.90 Å². The van der Waals surface area contributed by atoms with E-state index in [1.165, 1.54) is 72.3 Å². The number of nitrogens with zero attached hydrogens (tertiary/aromatic N) is 1. The first-order valence-electron chi connectivity index (χ1n) is 21.8.